The zero-order valence-corrected chi connectivity index (χ0v) is 20.0. The standard InChI is InChI=1S/C21H23Cl2N3O2S2/c1-21(2,3)10-4-6-13-15(8-10)30-19(16(13)17(24)27)26-20(29)25-18(28)12-7-5-11(22)9-14(12)23/h5,7,9-10H,4,6,8H2,1-3H3,(H2,24,27)(H2,25,26,28,29)/t10-/m1/s1. The summed E-state index contributed by atoms with van der Waals surface area (Å²) in [5.74, 6) is -0.445. The van der Waals surface area contributed by atoms with Crippen LogP contribution in [0.2, 0.25) is 10.0 Å². The van der Waals surface area contributed by atoms with E-state index in [-0.39, 0.29) is 21.1 Å². The third kappa shape index (κ3) is 4.97. The molecule has 0 saturated heterocycles. The maximum atomic E-state index is 12.5. The van der Waals surface area contributed by atoms with Crippen LogP contribution in [0.1, 0.15) is 58.3 Å². The van der Waals surface area contributed by atoms with E-state index in [9.17, 15) is 9.59 Å². The van der Waals surface area contributed by atoms with Crippen molar-refractivity contribution in [2.75, 3.05) is 5.32 Å². The Morgan fingerprint density at radius 2 is 1.97 bits per heavy atom. The number of nitrogens with one attached hydrogen (secondary N) is 2. The summed E-state index contributed by atoms with van der Waals surface area (Å²) in [6.45, 7) is 6.70. The second-order valence-corrected chi connectivity index (χ2v) is 10.8. The molecule has 0 bridgehead atoms. The highest BCUT2D eigenvalue weighted by atomic mass is 35.5. The van der Waals surface area contributed by atoms with Gasteiger partial charge in [-0.05, 0) is 66.6 Å². The predicted octanol–water partition coefficient (Wildman–Crippen LogP) is 5.43. The number of thiophene rings is 1. The average Bonchev–Trinajstić information content (AvgIpc) is 2.97. The van der Waals surface area contributed by atoms with Gasteiger partial charge in [-0.2, -0.15) is 0 Å². The molecule has 0 spiro atoms. The second-order valence-electron chi connectivity index (χ2n) is 8.41. The minimum atomic E-state index is -0.501. The van der Waals surface area contributed by atoms with Crippen molar-refractivity contribution in [3.8, 4) is 0 Å². The van der Waals surface area contributed by atoms with E-state index in [2.05, 4.69) is 31.4 Å². The fourth-order valence-electron chi connectivity index (χ4n) is 3.65. The van der Waals surface area contributed by atoms with Gasteiger partial charge in [-0.15, -0.1) is 11.3 Å². The van der Waals surface area contributed by atoms with E-state index < -0.39 is 11.8 Å². The van der Waals surface area contributed by atoms with Crippen molar-refractivity contribution >= 4 is 68.7 Å². The Kier molecular flexibility index (Phi) is 6.77. The van der Waals surface area contributed by atoms with Crippen molar-refractivity contribution in [2.24, 2.45) is 17.1 Å². The van der Waals surface area contributed by atoms with Gasteiger partial charge in [-0.3, -0.25) is 14.9 Å². The molecular weight excluding hydrogens is 461 g/mol. The molecule has 1 aromatic carbocycles. The second kappa shape index (κ2) is 8.83. The third-order valence-electron chi connectivity index (χ3n) is 5.37. The number of amides is 2. The monoisotopic (exact) mass is 483 g/mol. The van der Waals surface area contributed by atoms with Crippen LogP contribution in [-0.2, 0) is 12.8 Å². The highest BCUT2D eigenvalue weighted by Gasteiger charge is 2.33. The van der Waals surface area contributed by atoms with Crippen LogP contribution in [0.5, 0.6) is 0 Å². The first-order chi connectivity index (χ1) is 14.0. The number of hydrogen-bond donors (Lipinski definition) is 3. The van der Waals surface area contributed by atoms with Crippen LogP contribution < -0.4 is 16.4 Å². The third-order valence-corrected chi connectivity index (χ3v) is 7.29. The molecule has 9 heteroatoms. The molecule has 160 valence electrons. The van der Waals surface area contributed by atoms with Gasteiger partial charge in [0, 0.05) is 9.90 Å². The number of primary amides is 1. The molecule has 0 fully saturated rings. The van der Waals surface area contributed by atoms with E-state index in [4.69, 9.17) is 41.2 Å². The molecule has 5 nitrogen and oxygen atoms in total. The molecule has 1 aromatic heterocycles. The van der Waals surface area contributed by atoms with Crippen molar-refractivity contribution in [1.82, 2.24) is 5.32 Å². The molecule has 0 aliphatic heterocycles. The molecule has 2 aromatic rings. The van der Waals surface area contributed by atoms with Gasteiger partial charge in [-0.1, -0.05) is 44.0 Å². The Morgan fingerprint density at radius 1 is 1.27 bits per heavy atom. The smallest absolute Gasteiger partial charge is 0.258 e. The highest BCUT2D eigenvalue weighted by Crippen LogP contribution is 2.44. The number of thiocarbonyl (C=S) groups is 1. The maximum absolute atomic E-state index is 12.5. The maximum Gasteiger partial charge on any atom is 0.258 e. The number of halogens is 2. The van der Waals surface area contributed by atoms with E-state index in [1.165, 1.54) is 23.5 Å². The summed E-state index contributed by atoms with van der Waals surface area (Å²) in [7, 11) is 0. The number of hydrogen-bond acceptors (Lipinski definition) is 4. The average molecular weight is 484 g/mol. The Morgan fingerprint density at radius 3 is 2.57 bits per heavy atom. The molecular formula is C21H23Cl2N3O2S2. The number of nitrogens with two attached hydrogens (primary N) is 1. The SMILES string of the molecule is CC(C)(C)[C@@H]1CCc2c(sc(NC(=S)NC(=O)c3ccc(Cl)cc3Cl)c2C(N)=O)C1. The molecule has 0 unspecified atom stereocenters. The first-order valence-corrected chi connectivity index (χ1v) is 11.5. The topological polar surface area (TPSA) is 84.2 Å². The summed E-state index contributed by atoms with van der Waals surface area (Å²) in [5, 5.41) is 6.86. The lowest BCUT2D eigenvalue weighted by Gasteiger charge is -2.33. The predicted molar refractivity (Wildman–Crippen MR) is 128 cm³/mol. The lowest BCUT2D eigenvalue weighted by Crippen LogP contribution is -2.34. The fourth-order valence-corrected chi connectivity index (χ4v) is 5.74. The van der Waals surface area contributed by atoms with Crippen molar-refractivity contribution in [2.45, 2.75) is 40.0 Å². The molecule has 30 heavy (non-hydrogen) atoms. The van der Waals surface area contributed by atoms with Crippen molar-refractivity contribution in [3.63, 3.8) is 0 Å². The van der Waals surface area contributed by atoms with Gasteiger partial charge in [0.05, 0.1) is 16.1 Å². The molecule has 0 radical (unpaired) electrons. The van der Waals surface area contributed by atoms with Crippen molar-refractivity contribution in [3.05, 3.63) is 49.8 Å². The molecule has 0 saturated carbocycles. The number of carbonyl (C=O) groups excluding carboxylic acids is 2. The van der Waals surface area contributed by atoms with Gasteiger partial charge >= 0.3 is 0 Å². The van der Waals surface area contributed by atoms with Gasteiger partial charge < -0.3 is 11.1 Å². The van der Waals surface area contributed by atoms with Gasteiger partial charge in [0.2, 0.25) is 0 Å². The van der Waals surface area contributed by atoms with E-state index >= 15 is 0 Å². The summed E-state index contributed by atoms with van der Waals surface area (Å²) < 4.78 is 0. The molecule has 3 rings (SSSR count). The Bertz CT molecular complexity index is 1030. The first-order valence-electron chi connectivity index (χ1n) is 9.49. The Balaban J connectivity index is 1.79. The van der Waals surface area contributed by atoms with Crippen LogP contribution in [0.15, 0.2) is 18.2 Å². The minimum Gasteiger partial charge on any atom is -0.365 e. The molecule has 4 N–H and O–H groups in total. The normalized spacial score (nSPS) is 16.0. The van der Waals surface area contributed by atoms with Gasteiger partial charge in [0.25, 0.3) is 11.8 Å². The van der Waals surface area contributed by atoms with Crippen LogP contribution in [-0.4, -0.2) is 16.9 Å². The van der Waals surface area contributed by atoms with Crippen molar-refractivity contribution < 1.29 is 9.59 Å². The molecule has 1 heterocycles. The van der Waals surface area contributed by atoms with E-state index in [0.29, 0.717) is 21.5 Å². The molecule has 1 atom stereocenters. The number of carbonyl (C=O) groups is 2. The molecule has 1 aliphatic carbocycles. The summed E-state index contributed by atoms with van der Waals surface area (Å²) >= 11 is 18.7. The fraction of sp³-hybridized carbons (Fsp3) is 0.381. The number of benzene rings is 1. The number of rotatable bonds is 3. The Labute approximate surface area is 195 Å². The van der Waals surface area contributed by atoms with Gasteiger partial charge in [0.1, 0.15) is 5.00 Å². The molecule has 1 aliphatic rings. The minimum absolute atomic E-state index is 0.0690. The van der Waals surface area contributed by atoms with Crippen LogP contribution in [0.25, 0.3) is 0 Å². The Hall–Kier alpha value is -1.67. The summed E-state index contributed by atoms with van der Waals surface area (Å²) in [5.41, 5.74) is 7.56. The van der Waals surface area contributed by atoms with Gasteiger partial charge in [0.15, 0.2) is 5.11 Å². The number of anilines is 1. The first kappa shape index (κ1) is 23.0. The van der Waals surface area contributed by atoms with Crippen LogP contribution in [0.4, 0.5) is 5.00 Å². The summed E-state index contributed by atoms with van der Waals surface area (Å²) in [6, 6.07) is 4.58. The van der Waals surface area contributed by atoms with Crippen LogP contribution in [0.3, 0.4) is 0 Å². The number of fused-ring (bicyclic) bond motifs is 1. The molecule has 2 amide bonds. The summed E-state index contributed by atoms with van der Waals surface area (Å²) in [4.78, 5) is 25.8. The lowest BCUT2D eigenvalue weighted by molar-refractivity contribution is 0.0975. The zero-order chi connectivity index (χ0) is 22.2. The quantitative estimate of drug-likeness (QED) is 0.507. The van der Waals surface area contributed by atoms with Crippen LogP contribution >= 0.6 is 46.8 Å². The van der Waals surface area contributed by atoms with E-state index in [0.717, 1.165) is 29.7 Å². The van der Waals surface area contributed by atoms with Crippen molar-refractivity contribution in [1.29, 1.82) is 0 Å². The largest absolute Gasteiger partial charge is 0.365 e. The van der Waals surface area contributed by atoms with E-state index in [1.54, 1.807) is 6.07 Å². The zero-order valence-electron chi connectivity index (χ0n) is 16.9. The van der Waals surface area contributed by atoms with E-state index in [1.807, 2.05) is 0 Å². The highest BCUT2D eigenvalue weighted by molar-refractivity contribution is 7.80. The van der Waals surface area contributed by atoms with Crippen LogP contribution in [0, 0.1) is 11.3 Å². The van der Waals surface area contributed by atoms with Gasteiger partial charge in [-0.25, -0.2) is 0 Å². The summed E-state index contributed by atoms with van der Waals surface area (Å²) in [6.07, 6.45) is 2.70. The lowest BCUT2D eigenvalue weighted by atomic mass is 9.72.